The van der Waals surface area contributed by atoms with Gasteiger partial charge < -0.3 is 5.11 Å². The number of hydrogen-bond acceptors (Lipinski definition) is 4. The minimum atomic E-state index is -3.99. The third-order valence-electron chi connectivity index (χ3n) is 2.31. The largest absolute Gasteiger partial charge is 0.480 e. The van der Waals surface area contributed by atoms with Crippen molar-refractivity contribution < 1.29 is 18.3 Å². The Bertz CT molecular complexity index is 548. The molecule has 0 spiro atoms. The quantitative estimate of drug-likeness (QED) is 0.839. The number of aromatic nitrogens is 2. The summed E-state index contributed by atoms with van der Waals surface area (Å²) in [6, 6.07) is 0. The van der Waals surface area contributed by atoms with Gasteiger partial charge in [0.15, 0.2) is 5.03 Å². The Morgan fingerprint density at radius 2 is 2.16 bits per heavy atom. The Labute approximate surface area is 116 Å². The smallest absolute Gasteiger partial charge is 0.318 e. The molecule has 0 bridgehead atoms. The molecule has 1 rings (SSSR count). The van der Waals surface area contributed by atoms with Gasteiger partial charge >= 0.3 is 5.97 Å². The molecule has 0 unspecified atom stereocenters. The van der Waals surface area contributed by atoms with Gasteiger partial charge in [-0.3, -0.25) is 9.48 Å². The molecular weight excluding hydrogens is 294 g/mol. The second kappa shape index (κ2) is 5.89. The lowest BCUT2D eigenvalue weighted by Gasteiger charge is -2.22. The van der Waals surface area contributed by atoms with E-state index < -0.39 is 22.5 Å². The predicted molar refractivity (Wildman–Crippen MR) is 69.5 cm³/mol. The third-order valence-corrected chi connectivity index (χ3v) is 4.63. The summed E-state index contributed by atoms with van der Waals surface area (Å²) in [5, 5.41) is 12.4. The number of sulfonamides is 1. The van der Waals surface area contributed by atoms with E-state index in [-0.39, 0.29) is 22.5 Å². The molecule has 108 valence electrons. The molecule has 0 amide bonds. The van der Waals surface area contributed by atoms with Crippen molar-refractivity contribution in [2.75, 3.05) is 13.1 Å². The van der Waals surface area contributed by atoms with Gasteiger partial charge in [-0.2, -0.15) is 9.40 Å². The van der Waals surface area contributed by atoms with Crippen LogP contribution in [-0.4, -0.2) is 46.7 Å². The SMILES string of the molecule is CC(C)CN(CC(=O)O)S(=O)(=O)c1c(Cl)cnn1C. The summed E-state index contributed by atoms with van der Waals surface area (Å²) in [5.41, 5.74) is 0. The van der Waals surface area contributed by atoms with E-state index in [9.17, 15) is 13.2 Å². The van der Waals surface area contributed by atoms with Crippen LogP contribution in [-0.2, 0) is 21.9 Å². The maximum absolute atomic E-state index is 12.4. The molecule has 0 saturated carbocycles. The molecule has 0 saturated heterocycles. The molecule has 9 heteroatoms. The highest BCUT2D eigenvalue weighted by Crippen LogP contribution is 2.24. The first kappa shape index (κ1) is 15.9. The van der Waals surface area contributed by atoms with Gasteiger partial charge in [-0.05, 0) is 5.92 Å². The van der Waals surface area contributed by atoms with Crippen molar-refractivity contribution in [2.45, 2.75) is 18.9 Å². The van der Waals surface area contributed by atoms with Crippen LogP contribution in [0, 0.1) is 5.92 Å². The van der Waals surface area contributed by atoms with Gasteiger partial charge in [0.1, 0.15) is 6.54 Å². The number of nitrogens with zero attached hydrogens (tertiary/aromatic N) is 3. The lowest BCUT2D eigenvalue weighted by molar-refractivity contribution is -0.137. The highest BCUT2D eigenvalue weighted by atomic mass is 35.5. The average molecular weight is 310 g/mol. The number of hydrogen-bond donors (Lipinski definition) is 1. The average Bonchev–Trinajstić information content (AvgIpc) is 2.56. The van der Waals surface area contributed by atoms with Gasteiger partial charge in [-0.15, -0.1) is 0 Å². The zero-order chi connectivity index (χ0) is 14.8. The van der Waals surface area contributed by atoms with Gasteiger partial charge in [-0.1, -0.05) is 25.4 Å². The molecule has 7 nitrogen and oxygen atoms in total. The number of carbonyl (C=O) groups is 1. The first-order valence-electron chi connectivity index (χ1n) is 5.55. The number of aryl methyl sites for hydroxylation is 1. The Balaban J connectivity index is 3.23. The molecule has 0 aliphatic carbocycles. The van der Waals surface area contributed by atoms with Crippen molar-refractivity contribution in [1.82, 2.24) is 14.1 Å². The fourth-order valence-electron chi connectivity index (χ4n) is 1.62. The zero-order valence-electron chi connectivity index (χ0n) is 10.9. The van der Waals surface area contributed by atoms with Gasteiger partial charge in [0.05, 0.1) is 11.2 Å². The monoisotopic (exact) mass is 309 g/mol. The standard InChI is InChI=1S/C10H16ClN3O4S/c1-7(2)5-14(6-9(15)16)19(17,18)10-8(11)4-12-13(10)3/h4,7H,5-6H2,1-3H3,(H,15,16). The summed E-state index contributed by atoms with van der Waals surface area (Å²) in [5.74, 6) is -1.23. The van der Waals surface area contributed by atoms with E-state index in [2.05, 4.69) is 5.10 Å². The van der Waals surface area contributed by atoms with E-state index in [4.69, 9.17) is 16.7 Å². The van der Waals surface area contributed by atoms with Crippen LogP contribution in [0.3, 0.4) is 0 Å². The second-order valence-corrected chi connectivity index (χ2v) is 6.77. The van der Waals surface area contributed by atoms with E-state index in [1.807, 2.05) is 0 Å². The number of carboxylic acids is 1. The Morgan fingerprint density at radius 3 is 2.53 bits per heavy atom. The van der Waals surface area contributed by atoms with E-state index in [0.717, 1.165) is 8.99 Å². The van der Waals surface area contributed by atoms with Gasteiger partial charge in [-0.25, -0.2) is 8.42 Å². The maximum atomic E-state index is 12.4. The summed E-state index contributed by atoms with van der Waals surface area (Å²) >= 11 is 5.81. The predicted octanol–water partition coefficient (Wildman–Crippen LogP) is 0.805. The van der Waals surface area contributed by atoms with Crippen molar-refractivity contribution in [1.29, 1.82) is 0 Å². The summed E-state index contributed by atoms with van der Waals surface area (Å²) in [7, 11) is -2.55. The topological polar surface area (TPSA) is 92.5 Å². The Kier molecular flexibility index (Phi) is 4.94. The van der Waals surface area contributed by atoms with Gasteiger partial charge in [0.25, 0.3) is 10.0 Å². The fraction of sp³-hybridized carbons (Fsp3) is 0.600. The highest BCUT2D eigenvalue weighted by molar-refractivity contribution is 7.89. The number of halogens is 1. The van der Waals surface area contributed by atoms with Crippen LogP contribution in [0.5, 0.6) is 0 Å². The normalized spacial score (nSPS) is 12.3. The Morgan fingerprint density at radius 1 is 1.58 bits per heavy atom. The summed E-state index contributed by atoms with van der Waals surface area (Å²) in [4.78, 5) is 10.8. The molecule has 1 heterocycles. The van der Waals surface area contributed by atoms with Crippen LogP contribution in [0.4, 0.5) is 0 Å². The summed E-state index contributed by atoms with van der Waals surface area (Å²) in [6.45, 7) is 3.09. The lowest BCUT2D eigenvalue weighted by atomic mass is 10.2. The van der Waals surface area contributed by atoms with E-state index in [1.165, 1.54) is 13.2 Å². The number of aliphatic carboxylic acids is 1. The molecule has 0 aliphatic rings. The maximum Gasteiger partial charge on any atom is 0.318 e. The van der Waals surface area contributed by atoms with Crippen LogP contribution in [0.15, 0.2) is 11.2 Å². The summed E-state index contributed by atoms with van der Waals surface area (Å²) < 4.78 is 26.9. The molecule has 0 fully saturated rings. The molecule has 1 N–H and O–H groups in total. The van der Waals surface area contributed by atoms with Crippen LogP contribution in [0.2, 0.25) is 5.02 Å². The van der Waals surface area contributed by atoms with E-state index in [0.29, 0.717) is 0 Å². The molecule has 0 aliphatic heterocycles. The zero-order valence-corrected chi connectivity index (χ0v) is 12.4. The minimum Gasteiger partial charge on any atom is -0.480 e. The van der Waals surface area contributed by atoms with Gasteiger partial charge in [0, 0.05) is 13.6 Å². The van der Waals surface area contributed by atoms with E-state index >= 15 is 0 Å². The van der Waals surface area contributed by atoms with Crippen molar-refractivity contribution in [3.63, 3.8) is 0 Å². The van der Waals surface area contributed by atoms with Crippen LogP contribution < -0.4 is 0 Å². The van der Waals surface area contributed by atoms with Crippen molar-refractivity contribution >= 4 is 27.6 Å². The second-order valence-electron chi connectivity index (χ2n) is 4.51. The van der Waals surface area contributed by atoms with E-state index in [1.54, 1.807) is 13.8 Å². The molecule has 0 aromatic carbocycles. The van der Waals surface area contributed by atoms with Crippen molar-refractivity contribution in [3.8, 4) is 0 Å². The molecule has 1 aromatic rings. The number of carboxylic acid groups (broad SMARTS) is 1. The van der Waals surface area contributed by atoms with Gasteiger partial charge in [0.2, 0.25) is 0 Å². The molecular formula is C10H16ClN3O4S. The molecule has 0 radical (unpaired) electrons. The number of rotatable bonds is 6. The van der Waals surface area contributed by atoms with Crippen LogP contribution >= 0.6 is 11.6 Å². The van der Waals surface area contributed by atoms with Crippen molar-refractivity contribution in [2.24, 2.45) is 13.0 Å². The first-order valence-corrected chi connectivity index (χ1v) is 7.37. The molecule has 0 atom stereocenters. The molecule has 19 heavy (non-hydrogen) atoms. The van der Waals surface area contributed by atoms with Crippen molar-refractivity contribution in [3.05, 3.63) is 11.2 Å². The van der Waals surface area contributed by atoms with Crippen LogP contribution in [0.1, 0.15) is 13.8 Å². The Hall–Kier alpha value is -1.12. The minimum absolute atomic E-state index is 0.0128. The summed E-state index contributed by atoms with van der Waals surface area (Å²) in [6.07, 6.45) is 1.21. The highest BCUT2D eigenvalue weighted by Gasteiger charge is 2.31. The third kappa shape index (κ3) is 3.68. The molecule has 1 aromatic heterocycles. The van der Waals surface area contributed by atoms with Crippen LogP contribution in [0.25, 0.3) is 0 Å². The lowest BCUT2D eigenvalue weighted by Crippen LogP contribution is -2.39. The fourth-order valence-corrected chi connectivity index (χ4v) is 3.78. The first-order chi connectivity index (χ1) is 8.66.